The number of likely N-dealkylation sites (tertiary alicyclic amines) is 1. The van der Waals surface area contributed by atoms with Crippen LogP contribution in [0.3, 0.4) is 0 Å². The average Bonchev–Trinajstić information content (AvgIpc) is 3.39. The largest absolute Gasteiger partial charge is 0.497 e. The van der Waals surface area contributed by atoms with Crippen molar-refractivity contribution < 1.29 is 9.53 Å². The smallest absolute Gasteiger partial charge is 0.266 e. The van der Waals surface area contributed by atoms with Gasteiger partial charge in [0.2, 0.25) is 5.95 Å². The summed E-state index contributed by atoms with van der Waals surface area (Å²) in [5.74, 6) is 1.44. The van der Waals surface area contributed by atoms with Crippen molar-refractivity contribution in [3.8, 4) is 16.9 Å². The number of anilines is 1. The van der Waals surface area contributed by atoms with Crippen LogP contribution >= 0.6 is 11.3 Å². The SMILES string of the molecule is COc1cccc(-c2cnc(N(C)C)nc2[C@@H]2CCCN2C(=O)c2sc(C)nc2C)c1. The Hall–Kier alpha value is -3.00. The summed E-state index contributed by atoms with van der Waals surface area (Å²) in [7, 11) is 5.50. The van der Waals surface area contributed by atoms with Gasteiger partial charge in [0, 0.05) is 32.4 Å². The molecule has 3 heterocycles. The summed E-state index contributed by atoms with van der Waals surface area (Å²) in [5.41, 5.74) is 3.56. The van der Waals surface area contributed by atoms with Crippen LogP contribution in [0.5, 0.6) is 5.75 Å². The number of hydrogen-bond acceptors (Lipinski definition) is 7. The second-order valence-corrected chi connectivity index (χ2v) is 9.10. The predicted molar refractivity (Wildman–Crippen MR) is 123 cm³/mol. The number of carbonyl (C=O) groups excluding carboxylic acids is 1. The van der Waals surface area contributed by atoms with Crippen molar-refractivity contribution in [2.45, 2.75) is 32.7 Å². The number of ether oxygens (including phenoxy) is 1. The van der Waals surface area contributed by atoms with Gasteiger partial charge in [0.25, 0.3) is 5.91 Å². The number of aromatic nitrogens is 3. The molecule has 1 saturated heterocycles. The molecular formula is C23H27N5O2S. The Kier molecular flexibility index (Phi) is 5.91. The van der Waals surface area contributed by atoms with E-state index in [0.29, 0.717) is 17.4 Å². The monoisotopic (exact) mass is 437 g/mol. The zero-order chi connectivity index (χ0) is 22.1. The fourth-order valence-electron chi connectivity index (χ4n) is 4.02. The Morgan fingerprint density at radius 3 is 2.74 bits per heavy atom. The van der Waals surface area contributed by atoms with E-state index < -0.39 is 0 Å². The first-order valence-electron chi connectivity index (χ1n) is 10.3. The lowest BCUT2D eigenvalue weighted by molar-refractivity contribution is 0.0737. The molecule has 1 aliphatic heterocycles. The van der Waals surface area contributed by atoms with E-state index >= 15 is 0 Å². The Morgan fingerprint density at radius 1 is 1.26 bits per heavy atom. The van der Waals surface area contributed by atoms with E-state index in [1.807, 2.05) is 68.2 Å². The fourth-order valence-corrected chi connectivity index (χ4v) is 4.90. The third-order valence-electron chi connectivity index (χ3n) is 5.51. The molecule has 1 aliphatic rings. The highest BCUT2D eigenvalue weighted by Gasteiger charge is 2.35. The van der Waals surface area contributed by atoms with Crippen LogP contribution in [-0.4, -0.2) is 53.5 Å². The quantitative estimate of drug-likeness (QED) is 0.594. The first-order chi connectivity index (χ1) is 14.9. The van der Waals surface area contributed by atoms with Crippen LogP contribution in [0.4, 0.5) is 5.95 Å². The lowest BCUT2D eigenvalue weighted by Crippen LogP contribution is -2.31. The van der Waals surface area contributed by atoms with E-state index in [-0.39, 0.29) is 11.9 Å². The van der Waals surface area contributed by atoms with Crippen LogP contribution < -0.4 is 9.64 Å². The van der Waals surface area contributed by atoms with Crippen LogP contribution in [0.2, 0.25) is 0 Å². The molecule has 4 rings (SSSR count). The normalized spacial score (nSPS) is 15.9. The van der Waals surface area contributed by atoms with E-state index in [9.17, 15) is 4.79 Å². The summed E-state index contributed by atoms with van der Waals surface area (Å²) >= 11 is 1.46. The van der Waals surface area contributed by atoms with E-state index in [1.54, 1.807) is 7.11 Å². The molecule has 0 bridgehead atoms. The van der Waals surface area contributed by atoms with Gasteiger partial charge in [-0.05, 0) is 44.4 Å². The minimum Gasteiger partial charge on any atom is -0.497 e. The van der Waals surface area contributed by atoms with Crippen molar-refractivity contribution in [1.82, 2.24) is 19.9 Å². The number of rotatable bonds is 5. The topological polar surface area (TPSA) is 71.5 Å². The van der Waals surface area contributed by atoms with E-state index in [4.69, 9.17) is 9.72 Å². The van der Waals surface area contributed by atoms with Crippen molar-refractivity contribution in [3.05, 3.63) is 51.7 Å². The number of nitrogens with zero attached hydrogens (tertiary/aromatic N) is 5. The Balaban J connectivity index is 1.80. The van der Waals surface area contributed by atoms with Crippen molar-refractivity contribution in [2.24, 2.45) is 0 Å². The predicted octanol–water partition coefficient (Wildman–Crippen LogP) is 4.27. The van der Waals surface area contributed by atoms with Gasteiger partial charge in [-0.15, -0.1) is 11.3 Å². The van der Waals surface area contributed by atoms with Gasteiger partial charge in [0.15, 0.2) is 0 Å². The second kappa shape index (κ2) is 8.63. The highest BCUT2D eigenvalue weighted by molar-refractivity contribution is 7.13. The van der Waals surface area contributed by atoms with Crippen molar-refractivity contribution in [3.63, 3.8) is 0 Å². The molecule has 0 saturated carbocycles. The maximum absolute atomic E-state index is 13.5. The number of aryl methyl sites for hydroxylation is 2. The molecule has 7 nitrogen and oxygen atoms in total. The molecule has 8 heteroatoms. The van der Waals surface area contributed by atoms with Gasteiger partial charge >= 0.3 is 0 Å². The van der Waals surface area contributed by atoms with Gasteiger partial charge in [-0.25, -0.2) is 15.0 Å². The molecule has 0 N–H and O–H groups in total. The molecular weight excluding hydrogens is 410 g/mol. The van der Waals surface area contributed by atoms with E-state index in [0.717, 1.165) is 46.1 Å². The number of hydrogen-bond donors (Lipinski definition) is 0. The summed E-state index contributed by atoms with van der Waals surface area (Å²) in [4.78, 5) is 31.9. The van der Waals surface area contributed by atoms with Crippen molar-refractivity contribution in [2.75, 3.05) is 32.6 Å². The summed E-state index contributed by atoms with van der Waals surface area (Å²) in [6.07, 6.45) is 3.66. The molecule has 0 unspecified atom stereocenters. The maximum Gasteiger partial charge on any atom is 0.266 e. The van der Waals surface area contributed by atoms with Crippen LogP contribution in [0, 0.1) is 13.8 Å². The Morgan fingerprint density at radius 2 is 2.06 bits per heavy atom. The highest BCUT2D eigenvalue weighted by Crippen LogP contribution is 2.39. The minimum absolute atomic E-state index is 0.0345. The van der Waals surface area contributed by atoms with Crippen LogP contribution in [0.25, 0.3) is 11.1 Å². The third-order valence-corrected chi connectivity index (χ3v) is 6.57. The van der Waals surface area contributed by atoms with Gasteiger partial charge in [0.1, 0.15) is 10.6 Å². The number of carbonyl (C=O) groups is 1. The van der Waals surface area contributed by atoms with Crippen molar-refractivity contribution in [1.29, 1.82) is 0 Å². The lowest BCUT2D eigenvalue weighted by Gasteiger charge is -2.26. The Bertz CT molecular complexity index is 1110. The number of methoxy groups -OCH3 is 1. The zero-order valence-corrected chi connectivity index (χ0v) is 19.4. The summed E-state index contributed by atoms with van der Waals surface area (Å²) < 4.78 is 5.42. The average molecular weight is 438 g/mol. The zero-order valence-electron chi connectivity index (χ0n) is 18.5. The van der Waals surface area contributed by atoms with Gasteiger partial charge < -0.3 is 14.5 Å². The minimum atomic E-state index is -0.114. The van der Waals surface area contributed by atoms with Gasteiger partial charge in [-0.3, -0.25) is 4.79 Å². The van der Waals surface area contributed by atoms with E-state index in [1.165, 1.54) is 11.3 Å². The molecule has 3 aromatic rings. The molecule has 1 atom stereocenters. The summed E-state index contributed by atoms with van der Waals surface area (Å²) in [6, 6.07) is 7.77. The maximum atomic E-state index is 13.5. The molecule has 31 heavy (non-hydrogen) atoms. The van der Waals surface area contributed by atoms with Gasteiger partial charge in [-0.1, -0.05) is 12.1 Å². The Labute approximate surface area is 186 Å². The van der Waals surface area contributed by atoms with Crippen LogP contribution in [-0.2, 0) is 0 Å². The first-order valence-corrected chi connectivity index (χ1v) is 11.1. The molecule has 0 radical (unpaired) electrons. The van der Waals surface area contributed by atoms with Gasteiger partial charge in [-0.2, -0.15) is 0 Å². The molecule has 2 aromatic heterocycles. The molecule has 0 aliphatic carbocycles. The molecule has 162 valence electrons. The highest BCUT2D eigenvalue weighted by atomic mass is 32.1. The second-order valence-electron chi connectivity index (χ2n) is 7.90. The van der Waals surface area contributed by atoms with Crippen molar-refractivity contribution >= 4 is 23.2 Å². The van der Waals surface area contributed by atoms with Crippen LogP contribution in [0.15, 0.2) is 30.5 Å². The third kappa shape index (κ3) is 4.12. The number of amides is 1. The first kappa shape index (κ1) is 21.2. The van der Waals surface area contributed by atoms with Crippen LogP contribution in [0.1, 0.15) is 45.0 Å². The molecule has 1 amide bonds. The molecule has 0 spiro atoms. The fraction of sp³-hybridized carbons (Fsp3) is 0.391. The summed E-state index contributed by atoms with van der Waals surface area (Å²) in [5, 5.41) is 0.908. The van der Waals surface area contributed by atoms with E-state index in [2.05, 4.69) is 9.97 Å². The summed E-state index contributed by atoms with van der Waals surface area (Å²) in [6.45, 7) is 4.54. The molecule has 1 aromatic carbocycles. The number of benzene rings is 1. The molecule has 1 fully saturated rings. The number of thiazole rings is 1. The standard InChI is InChI=1S/C23H27N5O2S/c1-14-21(31-15(2)25-14)22(29)28-11-7-10-19(28)20-18(13-24-23(26-20)27(3)4)16-8-6-9-17(12-16)30-5/h6,8-9,12-13,19H,7,10-11H2,1-5H3/t19-/m0/s1. The lowest BCUT2D eigenvalue weighted by atomic mass is 9.99. The van der Waals surface area contributed by atoms with Gasteiger partial charge in [0.05, 0.1) is 29.5 Å².